The highest BCUT2D eigenvalue weighted by Crippen LogP contribution is 2.22. The average molecular weight is 324 g/mol. The Hall–Kier alpha value is -2.66. The number of hydrogen-bond donors (Lipinski definition) is 1. The highest BCUT2D eigenvalue weighted by atomic mass is 16.3. The second-order valence-electron chi connectivity index (χ2n) is 5.69. The van der Waals surface area contributed by atoms with Crippen molar-refractivity contribution in [3.63, 3.8) is 0 Å². The summed E-state index contributed by atoms with van der Waals surface area (Å²) < 4.78 is 5.70. The van der Waals surface area contributed by atoms with Gasteiger partial charge in [0.05, 0.1) is 12.6 Å². The summed E-state index contributed by atoms with van der Waals surface area (Å²) in [5.74, 6) is 0.0583. The first-order valence-electron chi connectivity index (χ1n) is 8.02. The fourth-order valence-electron chi connectivity index (χ4n) is 2.73. The molecule has 5 heteroatoms. The topological polar surface area (TPSA) is 66.6 Å². The second kappa shape index (κ2) is 7.27. The van der Waals surface area contributed by atoms with Crippen LogP contribution in [0.1, 0.15) is 29.5 Å². The number of hydrogen-bond acceptors (Lipinski definition) is 4. The van der Waals surface area contributed by atoms with E-state index in [-0.39, 0.29) is 24.3 Å². The van der Waals surface area contributed by atoms with Crippen molar-refractivity contribution < 1.29 is 14.3 Å². The van der Waals surface area contributed by atoms with Gasteiger partial charge in [-0.1, -0.05) is 31.2 Å². The summed E-state index contributed by atoms with van der Waals surface area (Å²) in [6.45, 7) is 2.23. The number of aromatic nitrogens is 1. The maximum atomic E-state index is 13.0. The van der Waals surface area contributed by atoms with E-state index in [4.69, 9.17) is 4.42 Å². The summed E-state index contributed by atoms with van der Waals surface area (Å²) in [6.07, 6.45) is 4.07. The number of pyridine rings is 1. The van der Waals surface area contributed by atoms with E-state index in [1.807, 2.05) is 43.3 Å². The van der Waals surface area contributed by atoms with E-state index in [1.54, 1.807) is 23.4 Å². The number of fused-ring (bicyclic) bond motifs is 1. The number of aliphatic hydroxyl groups is 1. The molecule has 3 aromatic rings. The SMILES string of the molecule is CC[C@H](CO)N(Cc1cccnc1)C(=O)c1cc2ccccc2o1. The summed E-state index contributed by atoms with van der Waals surface area (Å²) in [4.78, 5) is 18.7. The summed E-state index contributed by atoms with van der Waals surface area (Å²) in [5.41, 5.74) is 1.59. The van der Waals surface area contributed by atoms with E-state index >= 15 is 0 Å². The molecule has 3 rings (SSSR count). The smallest absolute Gasteiger partial charge is 0.290 e. The van der Waals surface area contributed by atoms with Crippen LogP contribution in [0.5, 0.6) is 0 Å². The van der Waals surface area contributed by atoms with Gasteiger partial charge in [-0.2, -0.15) is 0 Å². The maximum Gasteiger partial charge on any atom is 0.290 e. The first-order chi connectivity index (χ1) is 11.7. The number of nitrogens with zero attached hydrogens (tertiary/aromatic N) is 2. The molecule has 0 saturated carbocycles. The molecule has 2 heterocycles. The number of aliphatic hydroxyl groups excluding tert-OH is 1. The Morgan fingerprint density at radius 3 is 2.79 bits per heavy atom. The molecule has 0 saturated heterocycles. The van der Waals surface area contributed by atoms with Crippen LogP contribution in [0.4, 0.5) is 0 Å². The number of furan rings is 1. The molecule has 0 aliphatic carbocycles. The van der Waals surface area contributed by atoms with Crippen molar-refractivity contribution in [3.8, 4) is 0 Å². The molecule has 0 radical (unpaired) electrons. The Bertz CT molecular complexity index is 777. The summed E-state index contributed by atoms with van der Waals surface area (Å²) in [7, 11) is 0. The monoisotopic (exact) mass is 324 g/mol. The maximum absolute atomic E-state index is 13.0. The lowest BCUT2D eigenvalue weighted by Gasteiger charge is -2.29. The van der Waals surface area contributed by atoms with Crippen molar-refractivity contribution >= 4 is 16.9 Å². The van der Waals surface area contributed by atoms with Crippen LogP contribution in [0, 0.1) is 0 Å². The third-order valence-corrected chi connectivity index (χ3v) is 4.10. The Kier molecular flexibility index (Phi) is 4.91. The van der Waals surface area contributed by atoms with Crippen molar-refractivity contribution in [2.75, 3.05) is 6.61 Å². The molecule has 0 spiro atoms. The van der Waals surface area contributed by atoms with Gasteiger partial charge < -0.3 is 14.4 Å². The van der Waals surface area contributed by atoms with Gasteiger partial charge in [-0.25, -0.2) is 0 Å². The van der Waals surface area contributed by atoms with E-state index in [0.29, 0.717) is 18.5 Å². The van der Waals surface area contributed by atoms with E-state index in [1.165, 1.54) is 0 Å². The fourth-order valence-corrected chi connectivity index (χ4v) is 2.73. The van der Waals surface area contributed by atoms with Gasteiger partial charge in [-0.3, -0.25) is 9.78 Å². The van der Waals surface area contributed by atoms with Gasteiger partial charge in [-0.15, -0.1) is 0 Å². The number of amides is 1. The van der Waals surface area contributed by atoms with Crippen LogP contribution in [-0.2, 0) is 6.54 Å². The molecular weight excluding hydrogens is 304 g/mol. The molecule has 0 fully saturated rings. The van der Waals surface area contributed by atoms with Gasteiger partial charge >= 0.3 is 0 Å². The summed E-state index contributed by atoms with van der Waals surface area (Å²) >= 11 is 0. The minimum Gasteiger partial charge on any atom is -0.451 e. The van der Waals surface area contributed by atoms with Crippen LogP contribution < -0.4 is 0 Å². The highest BCUT2D eigenvalue weighted by Gasteiger charge is 2.26. The molecule has 1 amide bonds. The lowest BCUT2D eigenvalue weighted by molar-refractivity contribution is 0.0534. The molecule has 124 valence electrons. The molecule has 1 aromatic carbocycles. The van der Waals surface area contributed by atoms with E-state index < -0.39 is 0 Å². The van der Waals surface area contributed by atoms with Crippen molar-refractivity contribution in [1.82, 2.24) is 9.88 Å². The molecule has 2 aromatic heterocycles. The Morgan fingerprint density at radius 2 is 2.12 bits per heavy atom. The molecule has 0 bridgehead atoms. The summed E-state index contributed by atoms with van der Waals surface area (Å²) in [6, 6.07) is 12.7. The van der Waals surface area contributed by atoms with E-state index in [0.717, 1.165) is 10.9 Å². The Balaban J connectivity index is 1.92. The lowest BCUT2D eigenvalue weighted by Crippen LogP contribution is -2.41. The van der Waals surface area contributed by atoms with Crippen molar-refractivity contribution in [2.24, 2.45) is 0 Å². The van der Waals surface area contributed by atoms with Gasteiger partial charge in [0.25, 0.3) is 5.91 Å². The van der Waals surface area contributed by atoms with Crippen molar-refractivity contribution in [2.45, 2.75) is 25.9 Å². The Morgan fingerprint density at radius 1 is 1.29 bits per heavy atom. The average Bonchev–Trinajstić information content (AvgIpc) is 3.06. The zero-order valence-electron chi connectivity index (χ0n) is 13.6. The van der Waals surface area contributed by atoms with E-state index in [9.17, 15) is 9.90 Å². The summed E-state index contributed by atoms with van der Waals surface area (Å²) in [5, 5.41) is 10.6. The van der Waals surface area contributed by atoms with Crippen LogP contribution in [0.25, 0.3) is 11.0 Å². The van der Waals surface area contributed by atoms with Gasteiger partial charge in [0.15, 0.2) is 5.76 Å². The van der Waals surface area contributed by atoms with Crippen LogP contribution >= 0.6 is 0 Å². The fraction of sp³-hybridized carbons (Fsp3) is 0.263. The zero-order chi connectivity index (χ0) is 16.9. The lowest BCUT2D eigenvalue weighted by atomic mass is 10.1. The van der Waals surface area contributed by atoms with Crippen LogP contribution in [-0.4, -0.2) is 33.5 Å². The number of benzene rings is 1. The highest BCUT2D eigenvalue weighted by molar-refractivity contribution is 5.96. The minimum atomic E-state index is -0.272. The normalized spacial score (nSPS) is 12.2. The van der Waals surface area contributed by atoms with E-state index in [2.05, 4.69) is 4.98 Å². The number of carbonyl (C=O) groups excluding carboxylic acids is 1. The van der Waals surface area contributed by atoms with Gasteiger partial charge in [-0.05, 0) is 30.2 Å². The minimum absolute atomic E-state index is 0.0945. The molecule has 0 aliphatic rings. The molecule has 0 unspecified atom stereocenters. The van der Waals surface area contributed by atoms with Gasteiger partial charge in [0.1, 0.15) is 5.58 Å². The first kappa shape index (κ1) is 16.2. The van der Waals surface area contributed by atoms with Crippen LogP contribution in [0.3, 0.4) is 0 Å². The van der Waals surface area contributed by atoms with Crippen LogP contribution in [0.15, 0.2) is 59.3 Å². The zero-order valence-corrected chi connectivity index (χ0v) is 13.6. The largest absolute Gasteiger partial charge is 0.451 e. The van der Waals surface area contributed by atoms with Crippen molar-refractivity contribution in [1.29, 1.82) is 0 Å². The molecule has 5 nitrogen and oxygen atoms in total. The molecular formula is C19H20N2O3. The molecule has 24 heavy (non-hydrogen) atoms. The number of rotatable bonds is 6. The van der Waals surface area contributed by atoms with Crippen LogP contribution in [0.2, 0.25) is 0 Å². The predicted molar refractivity (Wildman–Crippen MR) is 91.5 cm³/mol. The first-order valence-corrected chi connectivity index (χ1v) is 8.02. The standard InChI is InChI=1S/C19H20N2O3/c1-2-16(13-22)21(12-14-6-5-9-20-11-14)19(23)18-10-15-7-3-4-8-17(15)24-18/h3-11,16,22H,2,12-13H2,1H3/t16-/m1/s1. The Labute approximate surface area is 140 Å². The number of para-hydroxylation sites is 1. The second-order valence-corrected chi connectivity index (χ2v) is 5.69. The molecule has 1 N–H and O–H groups in total. The molecule has 0 aliphatic heterocycles. The number of carbonyl (C=O) groups is 1. The quantitative estimate of drug-likeness (QED) is 0.756. The van der Waals surface area contributed by atoms with Gasteiger partial charge in [0.2, 0.25) is 0 Å². The third-order valence-electron chi connectivity index (χ3n) is 4.10. The van der Waals surface area contributed by atoms with Gasteiger partial charge in [0, 0.05) is 24.3 Å². The van der Waals surface area contributed by atoms with Crippen molar-refractivity contribution in [3.05, 3.63) is 66.2 Å². The predicted octanol–water partition coefficient (Wildman–Crippen LogP) is 3.24. The third kappa shape index (κ3) is 3.31. The molecule has 1 atom stereocenters.